The number of aliphatic hydroxyl groups excluding tert-OH is 3. The van der Waals surface area contributed by atoms with Gasteiger partial charge in [0.2, 0.25) is 12.2 Å². The van der Waals surface area contributed by atoms with Gasteiger partial charge in [0.1, 0.15) is 36.4 Å². The molecule has 5 aliphatic heterocycles. The third-order valence-electron chi connectivity index (χ3n) is 15.1. The summed E-state index contributed by atoms with van der Waals surface area (Å²) in [7, 11) is 4.68. The van der Waals surface area contributed by atoms with E-state index in [1.54, 1.807) is 54.5 Å². The molecular formula is C62H65N7O17. The Morgan fingerprint density at radius 2 is 1.22 bits per heavy atom. The monoisotopic (exact) mass is 1180 g/mol. The average molecular weight is 1180 g/mol. The molecule has 5 heterocycles. The van der Waals surface area contributed by atoms with E-state index in [0.29, 0.717) is 90.0 Å². The number of hydrogen-bond donors (Lipinski definition) is 7. The van der Waals surface area contributed by atoms with Crippen molar-refractivity contribution in [3.63, 3.8) is 0 Å². The number of rotatable bonds is 23. The third kappa shape index (κ3) is 13.3. The Morgan fingerprint density at radius 1 is 0.663 bits per heavy atom. The van der Waals surface area contributed by atoms with E-state index < -0.39 is 48.7 Å². The quantitative estimate of drug-likeness (QED) is 0.0354. The lowest BCUT2D eigenvalue weighted by Crippen LogP contribution is -2.61. The zero-order chi connectivity index (χ0) is 60.6. The molecule has 0 aromatic heterocycles. The van der Waals surface area contributed by atoms with Crippen LogP contribution in [-0.2, 0) is 32.2 Å². The molecule has 5 aromatic rings. The molecule has 7 atom stereocenters. The van der Waals surface area contributed by atoms with Gasteiger partial charge in [0, 0.05) is 69.3 Å². The van der Waals surface area contributed by atoms with Crippen molar-refractivity contribution in [1.29, 1.82) is 0 Å². The number of carboxylic acid groups (broad SMARTS) is 1. The van der Waals surface area contributed by atoms with Gasteiger partial charge in [-0.25, -0.2) is 9.59 Å². The maximum Gasteiger partial charge on any atom is 0.407 e. The fourth-order valence-corrected chi connectivity index (χ4v) is 10.4. The molecule has 1 fully saturated rings. The van der Waals surface area contributed by atoms with Crippen LogP contribution >= 0.6 is 0 Å². The summed E-state index contributed by atoms with van der Waals surface area (Å²) in [6.45, 7) is 0.668. The van der Waals surface area contributed by atoms with Crippen LogP contribution in [0, 0.1) is 0 Å². The number of carboxylic acids is 1. The molecule has 5 aliphatic rings. The van der Waals surface area contributed by atoms with Gasteiger partial charge in [-0.15, -0.1) is 0 Å². The normalized spacial score (nSPS) is 20.9. The van der Waals surface area contributed by atoms with Crippen LogP contribution in [0.2, 0.25) is 0 Å². The molecule has 8 N–H and O–H groups in total. The highest BCUT2D eigenvalue weighted by atomic mass is 16.7. The molecule has 24 heteroatoms. The number of benzene rings is 5. The minimum atomic E-state index is -1.93. The Balaban J connectivity index is 0.679. The van der Waals surface area contributed by atoms with E-state index in [9.17, 15) is 44.4 Å². The summed E-state index contributed by atoms with van der Waals surface area (Å²) in [5.74, 6) is -0.0459. The number of nitrogens with two attached hydrogens (primary N) is 1. The van der Waals surface area contributed by atoms with Crippen LogP contribution in [0.4, 0.5) is 21.9 Å². The number of methoxy groups -OCH3 is 3. The number of unbranched alkanes of at least 4 members (excludes halogenated alkanes) is 2. The first kappa shape index (κ1) is 59.8. The molecule has 10 rings (SSSR count). The Kier molecular flexibility index (Phi) is 18.6. The first-order chi connectivity index (χ1) is 41.6. The highest BCUT2D eigenvalue weighted by Crippen LogP contribution is 2.42. The summed E-state index contributed by atoms with van der Waals surface area (Å²) in [5.41, 5.74) is 12.4. The van der Waals surface area contributed by atoms with Crippen LogP contribution in [0.15, 0.2) is 113 Å². The molecule has 0 spiro atoms. The Bertz CT molecular complexity index is 3500. The van der Waals surface area contributed by atoms with Crippen molar-refractivity contribution in [1.82, 2.24) is 15.1 Å². The average Bonchev–Trinajstić information content (AvgIpc) is 1.86. The highest BCUT2D eigenvalue weighted by molar-refractivity contribution is 6.06. The predicted molar refractivity (Wildman–Crippen MR) is 312 cm³/mol. The predicted octanol–water partition coefficient (Wildman–Crippen LogP) is 6.27. The van der Waals surface area contributed by atoms with E-state index in [1.807, 2.05) is 67.1 Å². The van der Waals surface area contributed by atoms with Crippen LogP contribution in [0.25, 0.3) is 11.1 Å². The van der Waals surface area contributed by atoms with Crippen LogP contribution in [0.3, 0.4) is 0 Å². The molecule has 86 heavy (non-hydrogen) atoms. The molecular weight excluding hydrogens is 1110 g/mol. The van der Waals surface area contributed by atoms with Crippen LogP contribution in [0.1, 0.15) is 81.5 Å². The molecule has 0 unspecified atom stereocenters. The molecule has 0 bridgehead atoms. The number of nitrogens with zero attached hydrogens (tertiary/aromatic N) is 4. The number of nitrogens with one attached hydrogen (secondary N) is 2. The second-order valence-electron chi connectivity index (χ2n) is 20.8. The van der Waals surface area contributed by atoms with E-state index in [-0.39, 0.29) is 61.5 Å². The number of aliphatic hydroxyl groups is 3. The number of alkyl carbamates (subject to hydrolysis) is 1. The lowest BCUT2D eigenvalue weighted by atomic mass is 9.99. The Hall–Kier alpha value is -9.33. The fraction of sp³-hybridized carbons (Fsp3) is 0.339. The van der Waals surface area contributed by atoms with Crippen molar-refractivity contribution >= 4 is 70.4 Å². The lowest BCUT2D eigenvalue weighted by molar-refractivity contribution is -0.271. The molecule has 5 aromatic carbocycles. The van der Waals surface area contributed by atoms with E-state index in [4.69, 9.17) is 53.6 Å². The number of hydrogen-bond acceptors (Lipinski definition) is 19. The SMILES string of the molecule is COc1ccc(C2=CN3C(=O)c4cc(OC)c(OCCCCCOc5cc6c(cc5OC)C(=O)N5C=C(c7ccc(CNC(=O)OCc8ccc(O[C@@H]9O[C@H](C(=O)O)[C@@H](O)[C@H](O)[C@H]9O)c(NC(=O)CCN)c8)cc7)C[C@H]5C=N6)cc4N=C[C@@H]3C2)cc1. The largest absolute Gasteiger partial charge is 0.497 e. The number of carbonyl (C=O) groups is 5. The molecule has 450 valence electrons. The summed E-state index contributed by atoms with van der Waals surface area (Å²) in [5, 5.41) is 45.5. The first-order valence-corrected chi connectivity index (χ1v) is 27.8. The van der Waals surface area contributed by atoms with Gasteiger partial charge < -0.3 is 84.5 Å². The van der Waals surface area contributed by atoms with Gasteiger partial charge in [-0.2, -0.15) is 0 Å². The van der Waals surface area contributed by atoms with Crippen molar-refractivity contribution in [2.24, 2.45) is 15.7 Å². The molecule has 0 saturated carbocycles. The van der Waals surface area contributed by atoms with Gasteiger partial charge in [-0.3, -0.25) is 24.4 Å². The van der Waals surface area contributed by atoms with Gasteiger partial charge in [0.15, 0.2) is 29.1 Å². The fourth-order valence-electron chi connectivity index (χ4n) is 10.4. The van der Waals surface area contributed by atoms with Crippen LogP contribution in [0.5, 0.6) is 34.5 Å². The van der Waals surface area contributed by atoms with E-state index in [2.05, 4.69) is 10.6 Å². The van der Waals surface area contributed by atoms with Gasteiger partial charge in [-0.1, -0.05) is 42.5 Å². The maximum absolute atomic E-state index is 14.1. The van der Waals surface area contributed by atoms with Gasteiger partial charge in [0.05, 0.1) is 74.8 Å². The van der Waals surface area contributed by atoms with Crippen LogP contribution < -0.4 is 44.8 Å². The number of ether oxygens (including phenoxy) is 8. The topological polar surface area (TPSA) is 321 Å². The van der Waals surface area contributed by atoms with Crippen LogP contribution in [-0.4, -0.2) is 156 Å². The Morgan fingerprint density at radius 3 is 1.76 bits per heavy atom. The number of aliphatic carboxylic acids is 1. The second-order valence-corrected chi connectivity index (χ2v) is 20.8. The third-order valence-corrected chi connectivity index (χ3v) is 15.1. The first-order valence-electron chi connectivity index (χ1n) is 27.8. The van der Waals surface area contributed by atoms with Gasteiger partial charge >= 0.3 is 12.1 Å². The summed E-state index contributed by atoms with van der Waals surface area (Å²) in [4.78, 5) is 77.7. The van der Waals surface area contributed by atoms with Gasteiger partial charge in [-0.05, 0) is 89.1 Å². The highest BCUT2D eigenvalue weighted by Gasteiger charge is 2.48. The second kappa shape index (κ2) is 26.7. The van der Waals surface area contributed by atoms with Crippen molar-refractivity contribution in [2.75, 3.05) is 46.4 Å². The van der Waals surface area contributed by atoms with Crippen molar-refractivity contribution in [2.45, 2.75) is 94.5 Å². The maximum atomic E-state index is 14.1. The minimum Gasteiger partial charge on any atom is -0.497 e. The van der Waals surface area contributed by atoms with Crippen molar-refractivity contribution < 1.29 is 82.3 Å². The summed E-state index contributed by atoms with van der Waals surface area (Å²) < 4.78 is 45.4. The molecule has 0 aliphatic carbocycles. The van der Waals surface area contributed by atoms with Crippen molar-refractivity contribution in [3.05, 3.63) is 137 Å². The molecule has 1 saturated heterocycles. The zero-order valence-corrected chi connectivity index (χ0v) is 47.3. The molecule has 4 amide bonds. The summed E-state index contributed by atoms with van der Waals surface area (Å²) in [6, 6.07) is 25.8. The van der Waals surface area contributed by atoms with E-state index >= 15 is 0 Å². The standard InChI is InChI=1S/C62H65N7O17/c1-79-42-14-12-37(13-15-42)39-23-41-30-65-46-27-52(50(81-3)25-44(46)59(75)69(41)32-39)83-20-6-4-5-19-82-51-26-45-43(24-49(51)80-2)58(74)68-31-38(22-40(68)29-64-45)36-10-7-34(8-11-36)28-66-62(78)84-33-35-9-16-48(47(21-35)67-53(70)17-18-63)85-61-56(73)54(71)55(72)57(86-61)60(76)77/h7-16,21,24-27,29-32,40-41,54-57,61,71-73H,4-6,17-20,22-23,28,33,63H2,1-3H3,(H,66,78)(H,67,70)(H,76,77)/t40-,41-,54-,55-,56+,57-,61+/m0/s1. The zero-order valence-electron chi connectivity index (χ0n) is 47.3. The lowest BCUT2D eigenvalue weighted by Gasteiger charge is -2.38. The molecule has 24 nitrogen and oxygen atoms in total. The minimum absolute atomic E-state index is 0.0258. The van der Waals surface area contributed by atoms with E-state index in [0.717, 1.165) is 40.0 Å². The van der Waals surface area contributed by atoms with Gasteiger partial charge in [0.25, 0.3) is 11.8 Å². The summed E-state index contributed by atoms with van der Waals surface area (Å²) in [6.07, 6.45) is 0.440. The smallest absolute Gasteiger partial charge is 0.407 e. The molecule has 0 radical (unpaired) electrons. The number of fused-ring (bicyclic) bond motifs is 4. The number of aliphatic imine (C=N–C) groups is 2. The number of carbonyl (C=O) groups excluding carboxylic acids is 4. The summed E-state index contributed by atoms with van der Waals surface area (Å²) >= 11 is 0. The van der Waals surface area contributed by atoms with Crippen molar-refractivity contribution in [3.8, 4) is 34.5 Å². The number of anilines is 1. The number of amides is 4. The van der Waals surface area contributed by atoms with E-state index in [1.165, 1.54) is 25.3 Å². The Labute approximate surface area is 494 Å².